The molecule has 104 valence electrons. The zero-order valence-corrected chi connectivity index (χ0v) is 11.6. The van der Waals surface area contributed by atoms with E-state index in [1.165, 1.54) is 5.56 Å². The Morgan fingerprint density at radius 2 is 2.00 bits per heavy atom. The van der Waals surface area contributed by atoms with Gasteiger partial charge in [0.15, 0.2) is 0 Å². The summed E-state index contributed by atoms with van der Waals surface area (Å²) in [6.45, 7) is 4.55. The van der Waals surface area contributed by atoms with E-state index in [0.29, 0.717) is 0 Å². The molecular formula is C15H23N3O. The molecule has 0 aliphatic carbocycles. The molecule has 0 unspecified atom stereocenters. The summed E-state index contributed by atoms with van der Waals surface area (Å²) in [7, 11) is 2.05. The molecule has 1 saturated heterocycles. The molecule has 2 N–H and O–H groups in total. The summed E-state index contributed by atoms with van der Waals surface area (Å²) in [6, 6.07) is 10.5. The maximum absolute atomic E-state index is 11.4. The standard InChI is InChI=1S/C15H23N3O/c1-17-9-10-18(12-14(11-17)15(16)19)8-7-13-5-3-2-4-6-13/h2-6,14H,7-12H2,1H3,(H2,16,19)/t14-/m1/s1. The topological polar surface area (TPSA) is 49.6 Å². The van der Waals surface area contributed by atoms with Gasteiger partial charge in [-0.1, -0.05) is 30.3 Å². The number of nitrogens with zero attached hydrogens (tertiary/aromatic N) is 2. The molecule has 4 heteroatoms. The van der Waals surface area contributed by atoms with Gasteiger partial charge in [0.05, 0.1) is 5.92 Å². The van der Waals surface area contributed by atoms with Crippen molar-refractivity contribution in [3.05, 3.63) is 35.9 Å². The Bertz CT molecular complexity index is 407. The summed E-state index contributed by atoms with van der Waals surface area (Å²) < 4.78 is 0. The monoisotopic (exact) mass is 261 g/mol. The average molecular weight is 261 g/mol. The fraction of sp³-hybridized carbons (Fsp3) is 0.533. The lowest BCUT2D eigenvalue weighted by Gasteiger charge is -2.22. The Balaban J connectivity index is 1.90. The molecule has 0 aromatic heterocycles. The van der Waals surface area contributed by atoms with E-state index in [0.717, 1.165) is 39.1 Å². The molecule has 2 rings (SSSR count). The van der Waals surface area contributed by atoms with E-state index in [2.05, 4.69) is 41.1 Å². The van der Waals surface area contributed by atoms with Crippen LogP contribution in [-0.4, -0.2) is 55.5 Å². The van der Waals surface area contributed by atoms with Crippen molar-refractivity contribution in [2.24, 2.45) is 11.7 Å². The van der Waals surface area contributed by atoms with Gasteiger partial charge in [-0.25, -0.2) is 0 Å². The number of primary amides is 1. The van der Waals surface area contributed by atoms with Crippen molar-refractivity contribution in [1.29, 1.82) is 0 Å². The third-order valence-corrected chi connectivity index (χ3v) is 3.77. The highest BCUT2D eigenvalue weighted by Crippen LogP contribution is 2.09. The van der Waals surface area contributed by atoms with Gasteiger partial charge >= 0.3 is 0 Å². The van der Waals surface area contributed by atoms with E-state index in [4.69, 9.17) is 5.73 Å². The van der Waals surface area contributed by atoms with Crippen LogP contribution in [-0.2, 0) is 11.2 Å². The zero-order chi connectivity index (χ0) is 13.7. The second-order valence-corrected chi connectivity index (χ2v) is 5.40. The van der Waals surface area contributed by atoms with Gasteiger partial charge in [-0.05, 0) is 19.0 Å². The van der Waals surface area contributed by atoms with Gasteiger partial charge in [0.2, 0.25) is 5.91 Å². The van der Waals surface area contributed by atoms with Crippen LogP contribution >= 0.6 is 0 Å². The molecule has 0 radical (unpaired) electrons. The molecule has 0 spiro atoms. The molecule has 19 heavy (non-hydrogen) atoms. The van der Waals surface area contributed by atoms with Gasteiger partial charge in [0.25, 0.3) is 0 Å². The quantitative estimate of drug-likeness (QED) is 0.862. The lowest BCUT2D eigenvalue weighted by Crippen LogP contribution is -2.38. The lowest BCUT2D eigenvalue weighted by atomic mass is 10.1. The molecule has 0 bridgehead atoms. The van der Waals surface area contributed by atoms with Crippen LogP contribution in [0.1, 0.15) is 5.56 Å². The number of hydrogen-bond donors (Lipinski definition) is 1. The van der Waals surface area contributed by atoms with Crippen LogP contribution in [0.2, 0.25) is 0 Å². The highest BCUT2D eigenvalue weighted by atomic mass is 16.1. The van der Waals surface area contributed by atoms with E-state index < -0.39 is 0 Å². The van der Waals surface area contributed by atoms with E-state index >= 15 is 0 Å². The predicted octanol–water partition coefficient (Wildman–Crippen LogP) is 0.578. The van der Waals surface area contributed by atoms with E-state index in [1.54, 1.807) is 0 Å². The molecular weight excluding hydrogens is 238 g/mol. The second-order valence-electron chi connectivity index (χ2n) is 5.40. The van der Waals surface area contributed by atoms with Crippen LogP contribution in [0.5, 0.6) is 0 Å². The van der Waals surface area contributed by atoms with Gasteiger partial charge in [-0.2, -0.15) is 0 Å². The van der Waals surface area contributed by atoms with Crippen LogP contribution in [0.3, 0.4) is 0 Å². The molecule has 0 saturated carbocycles. The Morgan fingerprint density at radius 1 is 1.26 bits per heavy atom. The van der Waals surface area contributed by atoms with Crippen molar-refractivity contribution in [1.82, 2.24) is 9.80 Å². The van der Waals surface area contributed by atoms with Crippen LogP contribution in [0, 0.1) is 5.92 Å². The molecule has 4 nitrogen and oxygen atoms in total. The first-order chi connectivity index (χ1) is 9.15. The van der Waals surface area contributed by atoms with E-state index in [1.807, 2.05) is 6.07 Å². The fourth-order valence-corrected chi connectivity index (χ4v) is 2.56. The molecule has 1 aliphatic rings. The minimum absolute atomic E-state index is 0.0525. The van der Waals surface area contributed by atoms with Gasteiger partial charge in [0, 0.05) is 32.7 Å². The maximum Gasteiger partial charge on any atom is 0.223 e. The number of carbonyl (C=O) groups excluding carboxylic acids is 1. The number of hydrogen-bond acceptors (Lipinski definition) is 3. The number of benzene rings is 1. The normalized spacial score (nSPS) is 22.1. The number of nitrogens with two attached hydrogens (primary N) is 1. The summed E-state index contributed by atoms with van der Waals surface area (Å²) in [6.07, 6.45) is 1.02. The molecule has 1 aliphatic heterocycles. The third kappa shape index (κ3) is 4.33. The van der Waals surface area contributed by atoms with Crippen LogP contribution in [0.4, 0.5) is 0 Å². The third-order valence-electron chi connectivity index (χ3n) is 3.77. The molecule has 1 amide bonds. The van der Waals surface area contributed by atoms with Gasteiger partial charge < -0.3 is 15.5 Å². The first-order valence-corrected chi connectivity index (χ1v) is 6.89. The van der Waals surface area contributed by atoms with E-state index in [-0.39, 0.29) is 11.8 Å². The summed E-state index contributed by atoms with van der Waals surface area (Å²) in [5, 5.41) is 0. The molecule has 1 heterocycles. The highest BCUT2D eigenvalue weighted by molar-refractivity contribution is 5.77. The Hall–Kier alpha value is -1.39. The summed E-state index contributed by atoms with van der Waals surface area (Å²) >= 11 is 0. The molecule has 1 aromatic carbocycles. The molecule has 1 aromatic rings. The van der Waals surface area contributed by atoms with Crippen LogP contribution < -0.4 is 5.73 Å². The smallest absolute Gasteiger partial charge is 0.223 e. The largest absolute Gasteiger partial charge is 0.369 e. The molecule has 1 fully saturated rings. The highest BCUT2D eigenvalue weighted by Gasteiger charge is 2.24. The SMILES string of the molecule is CN1CCN(CCc2ccccc2)C[C@H](C(N)=O)C1. The van der Waals surface area contributed by atoms with Crippen molar-refractivity contribution in [3.8, 4) is 0 Å². The molecule has 1 atom stereocenters. The van der Waals surface area contributed by atoms with E-state index in [9.17, 15) is 4.79 Å². The van der Waals surface area contributed by atoms with Crippen molar-refractivity contribution >= 4 is 5.91 Å². The van der Waals surface area contributed by atoms with Crippen molar-refractivity contribution in [2.45, 2.75) is 6.42 Å². The second kappa shape index (κ2) is 6.68. The number of rotatable bonds is 4. The lowest BCUT2D eigenvalue weighted by molar-refractivity contribution is -0.122. The van der Waals surface area contributed by atoms with Gasteiger partial charge in [-0.3, -0.25) is 4.79 Å². The van der Waals surface area contributed by atoms with Gasteiger partial charge in [0.1, 0.15) is 0 Å². The summed E-state index contributed by atoms with van der Waals surface area (Å²) in [5.74, 6) is -0.235. The average Bonchev–Trinajstić information content (AvgIpc) is 2.60. The Labute approximate surface area is 115 Å². The number of amides is 1. The Morgan fingerprint density at radius 3 is 2.68 bits per heavy atom. The van der Waals surface area contributed by atoms with Crippen molar-refractivity contribution in [3.63, 3.8) is 0 Å². The minimum Gasteiger partial charge on any atom is -0.369 e. The van der Waals surface area contributed by atoms with Gasteiger partial charge in [-0.15, -0.1) is 0 Å². The summed E-state index contributed by atoms with van der Waals surface area (Å²) in [4.78, 5) is 16.0. The van der Waals surface area contributed by atoms with Crippen LogP contribution in [0.25, 0.3) is 0 Å². The fourth-order valence-electron chi connectivity index (χ4n) is 2.56. The van der Waals surface area contributed by atoms with Crippen molar-refractivity contribution in [2.75, 3.05) is 39.8 Å². The van der Waals surface area contributed by atoms with Crippen LogP contribution in [0.15, 0.2) is 30.3 Å². The first kappa shape index (κ1) is 14.0. The predicted molar refractivity (Wildman–Crippen MR) is 76.8 cm³/mol. The first-order valence-electron chi connectivity index (χ1n) is 6.89. The Kier molecular flexibility index (Phi) is 4.93. The minimum atomic E-state index is -0.182. The number of carbonyl (C=O) groups is 1. The maximum atomic E-state index is 11.4. The summed E-state index contributed by atoms with van der Waals surface area (Å²) in [5.41, 5.74) is 6.82. The van der Waals surface area contributed by atoms with Crippen molar-refractivity contribution < 1.29 is 4.79 Å². The zero-order valence-electron chi connectivity index (χ0n) is 11.6. The number of likely N-dealkylation sites (N-methyl/N-ethyl adjacent to an activating group) is 1.